The Labute approximate surface area is 142 Å². The summed E-state index contributed by atoms with van der Waals surface area (Å²) in [6, 6.07) is 9.55. The second-order valence-electron chi connectivity index (χ2n) is 4.98. The third kappa shape index (κ3) is 4.76. The fourth-order valence-corrected chi connectivity index (χ4v) is 2.16. The van der Waals surface area contributed by atoms with Gasteiger partial charge in [-0.3, -0.25) is 4.79 Å². The lowest BCUT2D eigenvalue weighted by Crippen LogP contribution is -2.10. The Kier molecular flexibility index (Phi) is 5.69. The minimum Gasteiger partial charge on any atom is -0.496 e. The third-order valence-corrected chi connectivity index (χ3v) is 3.32. The molecule has 4 nitrogen and oxygen atoms in total. The van der Waals surface area contributed by atoms with Gasteiger partial charge in [0, 0.05) is 11.8 Å². The zero-order valence-corrected chi connectivity index (χ0v) is 13.6. The van der Waals surface area contributed by atoms with Crippen LogP contribution in [0.4, 0.5) is 18.9 Å². The first-order chi connectivity index (χ1) is 11.8. The number of alkyl halides is 3. The highest BCUT2D eigenvalue weighted by atomic mass is 19.4. The van der Waals surface area contributed by atoms with Crippen LogP contribution in [0.2, 0.25) is 0 Å². The standard InChI is InChI=1S/C18H16F3NO3/c1-24-15-7-4-8-16(25-2)14(15)9-10-17(23)22-13-6-3-5-12(11-13)18(19,20)21/h3-11H,1-2H3,(H,22,23)/b10-9+. The molecule has 0 unspecified atom stereocenters. The lowest BCUT2D eigenvalue weighted by atomic mass is 10.1. The van der Waals surface area contributed by atoms with Gasteiger partial charge in [-0.25, -0.2) is 0 Å². The maximum absolute atomic E-state index is 12.7. The van der Waals surface area contributed by atoms with Gasteiger partial charge in [0.15, 0.2) is 0 Å². The third-order valence-electron chi connectivity index (χ3n) is 3.32. The van der Waals surface area contributed by atoms with E-state index in [1.165, 1.54) is 38.5 Å². The molecule has 0 bridgehead atoms. The Bertz CT molecular complexity index is 763. The number of carbonyl (C=O) groups is 1. The number of carbonyl (C=O) groups excluding carboxylic acids is 1. The molecule has 0 saturated heterocycles. The largest absolute Gasteiger partial charge is 0.496 e. The van der Waals surface area contributed by atoms with Crippen LogP contribution in [-0.2, 0) is 11.0 Å². The van der Waals surface area contributed by atoms with Crippen LogP contribution in [0.15, 0.2) is 48.5 Å². The molecule has 2 rings (SSSR count). The molecule has 0 aliphatic heterocycles. The molecule has 0 aromatic heterocycles. The minimum atomic E-state index is -4.47. The summed E-state index contributed by atoms with van der Waals surface area (Å²) in [7, 11) is 2.96. The zero-order valence-electron chi connectivity index (χ0n) is 13.6. The molecule has 0 spiro atoms. The summed E-state index contributed by atoms with van der Waals surface area (Å²) in [6.07, 6.45) is -1.80. The van der Waals surface area contributed by atoms with Crippen LogP contribution in [0.3, 0.4) is 0 Å². The molecular formula is C18H16F3NO3. The molecule has 7 heteroatoms. The number of methoxy groups -OCH3 is 2. The number of hydrogen-bond donors (Lipinski definition) is 1. The molecule has 2 aromatic carbocycles. The highest BCUT2D eigenvalue weighted by Crippen LogP contribution is 2.31. The van der Waals surface area contributed by atoms with E-state index in [4.69, 9.17) is 9.47 Å². The second-order valence-corrected chi connectivity index (χ2v) is 4.98. The van der Waals surface area contributed by atoms with Crippen molar-refractivity contribution in [3.8, 4) is 11.5 Å². The molecule has 1 N–H and O–H groups in total. The van der Waals surface area contributed by atoms with E-state index >= 15 is 0 Å². The molecular weight excluding hydrogens is 335 g/mol. The quantitative estimate of drug-likeness (QED) is 0.814. The van der Waals surface area contributed by atoms with Gasteiger partial charge in [-0.15, -0.1) is 0 Å². The first-order valence-corrected chi connectivity index (χ1v) is 7.22. The second kappa shape index (κ2) is 7.74. The summed E-state index contributed by atoms with van der Waals surface area (Å²) >= 11 is 0. The van der Waals surface area contributed by atoms with Crippen molar-refractivity contribution in [2.45, 2.75) is 6.18 Å². The van der Waals surface area contributed by atoms with E-state index in [0.29, 0.717) is 17.1 Å². The van der Waals surface area contributed by atoms with Crippen LogP contribution < -0.4 is 14.8 Å². The molecule has 1 amide bonds. The van der Waals surface area contributed by atoms with Crippen LogP contribution in [0.1, 0.15) is 11.1 Å². The van der Waals surface area contributed by atoms with E-state index in [1.54, 1.807) is 18.2 Å². The Balaban J connectivity index is 2.17. The first kappa shape index (κ1) is 18.4. The molecule has 0 heterocycles. The van der Waals surface area contributed by atoms with Gasteiger partial charge in [-0.1, -0.05) is 12.1 Å². The van der Waals surface area contributed by atoms with E-state index in [0.717, 1.165) is 12.1 Å². The van der Waals surface area contributed by atoms with Crippen molar-refractivity contribution in [1.29, 1.82) is 0 Å². The predicted molar refractivity (Wildman–Crippen MR) is 88.7 cm³/mol. The van der Waals surface area contributed by atoms with Crippen LogP contribution >= 0.6 is 0 Å². The predicted octanol–water partition coefficient (Wildman–Crippen LogP) is 4.37. The van der Waals surface area contributed by atoms with Crippen molar-refractivity contribution in [3.63, 3.8) is 0 Å². The number of nitrogens with one attached hydrogen (secondary N) is 1. The zero-order chi connectivity index (χ0) is 18.4. The van der Waals surface area contributed by atoms with Crippen molar-refractivity contribution in [1.82, 2.24) is 0 Å². The van der Waals surface area contributed by atoms with Crippen molar-refractivity contribution in [2.75, 3.05) is 19.5 Å². The fourth-order valence-electron chi connectivity index (χ4n) is 2.16. The molecule has 0 radical (unpaired) electrons. The lowest BCUT2D eigenvalue weighted by Gasteiger charge is -2.10. The Morgan fingerprint density at radius 1 is 1.04 bits per heavy atom. The van der Waals surface area contributed by atoms with Gasteiger partial charge in [0.25, 0.3) is 0 Å². The van der Waals surface area contributed by atoms with Crippen molar-refractivity contribution >= 4 is 17.7 Å². The van der Waals surface area contributed by atoms with Crippen molar-refractivity contribution in [2.24, 2.45) is 0 Å². The van der Waals surface area contributed by atoms with Gasteiger partial charge in [0.2, 0.25) is 5.91 Å². The van der Waals surface area contributed by atoms with E-state index in [9.17, 15) is 18.0 Å². The van der Waals surface area contributed by atoms with Crippen LogP contribution in [0.5, 0.6) is 11.5 Å². The number of anilines is 1. The smallest absolute Gasteiger partial charge is 0.416 e. The normalized spacial score (nSPS) is 11.4. The molecule has 25 heavy (non-hydrogen) atoms. The Morgan fingerprint density at radius 2 is 1.64 bits per heavy atom. The average Bonchev–Trinajstić information content (AvgIpc) is 2.59. The molecule has 0 aliphatic rings. The van der Waals surface area contributed by atoms with E-state index in [-0.39, 0.29) is 5.69 Å². The number of benzene rings is 2. The monoisotopic (exact) mass is 351 g/mol. The van der Waals surface area contributed by atoms with Gasteiger partial charge in [-0.05, 0) is 36.4 Å². The van der Waals surface area contributed by atoms with Crippen LogP contribution in [-0.4, -0.2) is 20.1 Å². The number of amides is 1. The van der Waals surface area contributed by atoms with Gasteiger partial charge in [0.05, 0.1) is 25.3 Å². The maximum atomic E-state index is 12.7. The minimum absolute atomic E-state index is 0.0523. The number of ether oxygens (including phenoxy) is 2. The molecule has 0 fully saturated rings. The topological polar surface area (TPSA) is 47.6 Å². The summed E-state index contributed by atoms with van der Waals surface area (Å²) in [5.41, 5.74) is -0.233. The van der Waals surface area contributed by atoms with Gasteiger partial charge >= 0.3 is 6.18 Å². The van der Waals surface area contributed by atoms with Gasteiger partial charge < -0.3 is 14.8 Å². The summed E-state index contributed by atoms with van der Waals surface area (Å²) in [6.45, 7) is 0. The number of halogens is 3. The van der Waals surface area contributed by atoms with Gasteiger partial charge in [0.1, 0.15) is 11.5 Å². The van der Waals surface area contributed by atoms with Crippen molar-refractivity contribution < 1.29 is 27.4 Å². The van der Waals surface area contributed by atoms with E-state index in [2.05, 4.69) is 5.32 Å². The van der Waals surface area contributed by atoms with Crippen LogP contribution in [0.25, 0.3) is 6.08 Å². The summed E-state index contributed by atoms with van der Waals surface area (Å²) in [4.78, 5) is 12.0. The summed E-state index contributed by atoms with van der Waals surface area (Å²) < 4.78 is 48.5. The van der Waals surface area contributed by atoms with Crippen LogP contribution in [0, 0.1) is 0 Å². The Hall–Kier alpha value is -2.96. The Morgan fingerprint density at radius 3 is 2.20 bits per heavy atom. The number of rotatable bonds is 5. The molecule has 0 aliphatic carbocycles. The summed E-state index contributed by atoms with van der Waals surface area (Å²) in [5, 5.41) is 2.39. The highest BCUT2D eigenvalue weighted by Gasteiger charge is 2.30. The molecule has 2 aromatic rings. The SMILES string of the molecule is COc1cccc(OC)c1/C=C/C(=O)Nc1cccc(C(F)(F)F)c1. The highest BCUT2D eigenvalue weighted by molar-refractivity contribution is 6.02. The van der Waals surface area contributed by atoms with Crippen molar-refractivity contribution in [3.05, 3.63) is 59.7 Å². The maximum Gasteiger partial charge on any atom is 0.416 e. The molecule has 0 saturated carbocycles. The summed E-state index contributed by atoms with van der Waals surface area (Å²) in [5.74, 6) is 0.428. The lowest BCUT2D eigenvalue weighted by molar-refractivity contribution is -0.137. The van der Waals surface area contributed by atoms with Gasteiger partial charge in [-0.2, -0.15) is 13.2 Å². The number of hydrogen-bond acceptors (Lipinski definition) is 3. The first-order valence-electron chi connectivity index (χ1n) is 7.22. The average molecular weight is 351 g/mol. The fraction of sp³-hybridized carbons (Fsp3) is 0.167. The van der Waals surface area contributed by atoms with E-state index in [1.807, 2.05) is 0 Å². The van der Waals surface area contributed by atoms with E-state index < -0.39 is 17.6 Å². The molecule has 0 atom stereocenters. The molecule has 132 valence electrons.